The number of carbonyl (C=O) groups is 1. The molecule has 0 atom stereocenters. The molecule has 0 unspecified atom stereocenters. The predicted molar refractivity (Wildman–Crippen MR) is 78.9 cm³/mol. The Morgan fingerprint density at radius 2 is 1.80 bits per heavy atom. The zero-order chi connectivity index (χ0) is 14.1. The van der Waals surface area contributed by atoms with Gasteiger partial charge in [-0.25, -0.2) is 0 Å². The van der Waals surface area contributed by atoms with Crippen LogP contribution in [0.2, 0.25) is 0 Å². The number of rotatable bonds is 1. The number of hydrogen-bond acceptors (Lipinski definition) is 2. The first kappa shape index (κ1) is 12.2. The summed E-state index contributed by atoms with van der Waals surface area (Å²) in [7, 11) is 1.78. The van der Waals surface area contributed by atoms with Crippen LogP contribution < -0.4 is 4.90 Å². The molecular weight excluding hydrogens is 248 g/mol. The first-order valence-electron chi connectivity index (χ1n) is 6.30. The minimum atomic E-state index is -0.00411. The van der Waals surface area contributed by atoms with Crippen molar-refractivity contribution in [2.75, 3.05) is 11.9 Å². The van der Waals surface area contributed by atoms with Crippen LogP contribution in [0.15, 0.2) is 48.5 Å². The number of carbonyl (C=O) groups excluding carboxylic acids is 1. The summed E-state index contributed by atoms with van der Waals surface area (Å²) in [6, 6.07) is 17.0. The van der Waals surface area contributed by atoms with Crippen LogP contribution in [0.3, 0.4) is 0 Å². The summed E-state index contributed by atoms with van der Waals surface area (Å²) in [4.78, 5) is 14.0. The molecule has 1 aliphatic rings. The maximum absolute atomic E-state index is 12.3. The molecule has 0 bridgehead atoms. The Hall–Kier alpha value is -2.86. The van der Waals surface area contributed by atoms with E-state index in [2.05, 4.69) is 6.07 Å². The number of benzene rings is 2. The van der Waals surface area contributed by atoms with Crippen molar-refractivity contribution < 1.29 is 4.79 Å². The van der Waals surface area contributed by atoms with Gasteiger partial charge in [0.1, 0.15) is 0 Å². The summed E-state index contributed by atoms with van der Waals surface area (Å²) in [5, 5.41) is 8.79. The smallest absolute Gasteiger partial charge is 0.258 e. The maximum Gasteiger partial charge on any atom is 0.258 e. The molecule has 2 aromatic rings. The Bertz CT molecular complexity index is 751. The summed E-state index contributed by atoms with van der Waals surface area (Å²) in [5.74, 6) is -0.00411. The van der Waals surface area contributed by atoms with Gasteiger partial charge in [-0.3, -0.25) is 4.79 Å². The first-order valence-corrected chi connectivity index (χ1v) is 6.30. The van der Waals surface area contributed by atoms with Crippen molar-refractivity contribution in [1.82, 2.24) is 0 Å². The molecule has 1 amide bonds. The lowest BCUT2D eigenvalue weighted by Crippen LogP contribution is -2.20. The molecule has 0 spiro atoms. The molecule has 0 aromatic heterocycles. The van der Waals surface area contributed by atoms with Crippen molar-refractivity contribution in [3.05, 3.63) is 65.2 Å². The topological polar surface area (TPSA) is 44.1 Å². The Labute approximate surface area is 117 Å². The second-order valence-corrected chi connectivity index (χ2v) is 4.67. The SMILES string of the molecule is CN1C(=O)/C(=C/c2ccc(C#N)cc2)c2ccccc21. The summed E-state index contributed by atoms with van der Waals surface area (Å²) in [6.45, 7) is 0. The highest BCUT2D eigenvalue weighted by Crippen LogP contribution is 2.36. The molecule has 3 heteroatoms. The van der Waals surface area contributed by atoms with Crippen LogP contribution in [-0.2, 0) is 4.79 Å². The fourth-order valence-electron chi connectivity index (χ4n) is 2.36. The number of amides is 1. The van der Waals surface area contributed by atoms with Gasteiger partial charge in [-0.2, -0.15) is 5.26 Å². The summed E-state index contributed by atoms with van der Waals surface area (Å²) < 4.78 is 0. The van der Waals surface area contributed by atoms with Gasteiger partial charge < -0.3 is 4.90 Å². The number of fused-ring (bicyclic) bond motifs is 1. The van der Waals surface area contributed by atoms with Gasteiger partial charge in [0.05, 0.1) is 17.3 Å². The highest BCUT2D eigenvalue weighted by molar-refractivity contribution is 6.35. The van der Waals surface area contributed by atoms with E-state index < -0.39 is 0 Å². The molecular formula is C17H12N2O. The second kappa shape index (κ2) is 4.67. The number of likely N-dealkylation sites (N-methyl/N-ethyl adjacent to an activating group) is 1. The van der Waals surface area contributed by atoms with Crippen LogP contribution in [0.4, 0.5) is 5.69 Å². The first-order chi connectivity index (χ1) is 9.70. The number of nitriles is 1. The molecule has 3 nitrogen and oxygen atoms in total. The van der Waals surface area contributed by atoms with Crippen LogP contribution in [0.5, 0.6) is 0 Å². The van der Waals surface area contributed by atoms with E-state index in [1.807, 2.05) is 42.5 Å². The average Bonchev–Trinajstić information content (AvgIpc) is 2.74. The van der Waals surface area contributed by atoms with E-state index >= 15 is 0 Å². The summed E-state index contributed by atoms with van der Waals surface area (Å²) in [6.07, 6.45) is 1.87. The molecule has 1 heterocycles. The minimum Gasteiger partial charge on any atom is -0.311 e. The lowest BCUT2D eigenvalue weighted by atomic mass is 10.0. The van der Waals surface area contributed by atoms with Crippen LogP contribution in [-0.4, -0.2) is 13.0 Å². The van der Waals surface area contributed by atoms with Crippen molar-refractivity contribution in [2.24, 2.45) is 0 Å². The fraction of sp³-hybridized carbons (Fsp3) is 0.0588. The largest absolute Gasteiger partial charge is 0.311 e. The zero-order valence-corrected chi connectivity index (χ0v) is 11.0. The van der Waals surface area contributed by atoms with Gasteiger partial charge in [0, 0.05) is 18.2 Å². The fourth-order valence-corrected chi connectivity index (χ4v) is 2.36. The Balaban J connectivity index is 2.07. The van der Waals surface area contributed by atoms with Crippen LogP contribution in [0, 0.1) is 11.3 Å². The maximum atomic E-state index is 12.3. The number of hydrogen-bond donors (Lipinski definition) is 0. The van der Waals surface area contributed by atoms with Gasteiger partial charge in [0.15, 0.2) is 0 Å². The van der Waals surface area contributed by atoms with E-state index in [4.69, 9.17) is 5.26 Å². The predicted octanol–water partition coefficient (Wildman–Crippen LogP) is 3.08. The third kappa shape index (κ3) is 1.88. The van der Waals surface area contributed by atoms with Gasteiger partial charge in [-0.05, 0) is 29.8 Å². The van der Waals surface area contributed by atoms with Crippen molar-refractivity contribution in [1.29, 1.82) is 5.26 Å². The van der Waals surface area contributed by atoms with E-state index in [0.29, 0.717) is 11.1 Å². The van der Waals surface area contributed by atoms with Crippen molar-refractivity contribution in [3.8, 4) is 6.07 Å². The van der Waals surface area contributed by atoms with Crippen molar-refractivity contribution >= 4 is 23.2 Å². The van der Waals surface area contributed by atoms with Crippen LogP contribution >= 0.6 is 0 Å². The third-order valence-corrected chi connectivity index (χ3v) is 3.44. The number of nitrogens with zero attached hydrogens (tertiary/aromatic N) is 2. The average molecular weight is 260 g/mol. The Morgan fingerprint density at radius 1 is 1.10 bits per heavy atom. The highest BCUT2D eigenvalue weighted by atomic mass is 16.2. The van der Waals surface area contributed by atoms with Gasteiger partial charge in [0.25, 0.3) is 5.91 Å². The molecule has 1 aliphatic heterocycles. The minimum absolute atomic E-state index is 0.00411. The Morgan fingerprint density at radius 3 is 2.50 bits per heavy atom. The molecule has 0 saturated heterocycles. The van der Waals surface area contributed by atoms with Crippen LogP contribution in [0.1, 0.15) is 16.7 Å². The van der Waals surface area contributed by atoms with Crippen molar-refractivity contribution in [2.45, 2.75) is 0 Å². The summed E-state index contributed by atoms with van der Waals surface area (Å²) >= 11 is 0. The van der Waals surface area contributed by atoms with Gasteiger partial charge in [-0.1, -0.05) is 30.3 Å². The molecule has 0 fully saturated rings. The number of para-hydroxylation sites is 1. The molecule has 96 valence electrons. The molecule has 2 aromatic carbocycles. The molecule has 0 saturated carbocycles. The Kier molecular flexibility index (Phi) is 2.85. The lowest BCUT2D eigenvalue weighted by Gasteiger charge is -2.07. The number of anilines is 1. The normalized spacial score (nSPS) is 15.3. The molecule has 0 N–H and O–H groups in total. The summed E-state index contributed by atoms with van der Waals surface area (Å²) in [5.41, 5.74) is 4.09. The second-order valence-electron chi connectivity index (χ2n) is 4.67. The van der Waals surface area contributed by atoms with Gasteiger partial charge in [-0.15, -0.1) is 0 Å². The van der Waals surface area contributed by atoms with Crippen LogP contribution in [0.25, 0.3) is 11.6 Å². The standard InChI is InChI=1S/C17H12N2O/c1-19-16-5-3-2-4-14(16)15(17(19)20)10-12-6-8-13(11-18)9-7-12/h2-10H,1H3/b15-10+. The molecule has 0 aliphatic carbocycles. The molecule has 3 rings (SSSR count). The van der Waals surface area contributed by atoms with E-state index in [1.165, 1.54) is 0 Å². The van der Waals surface area contributed by atoms with Gasteiger partial charge >= 0.3 is 0 Å². The highest BCUT2D eigenvalue weighted by Gasteiger charge is 2.28. The lowest BCUT2D eigenvalue weighted by molar-refractivity contribution is -0.112. The van der Waals surface area contributed by atoms with E-state index in [0.717, 1.165) is 16.8 Å². The third-order valence-electron chi connectivity index (χ3n) is 3.44. The zero-order valence-electron chi connectivity index (χ0n) is 11.0. The van der Waals surface area contributed by atoms with E-state index in [9.17, 15) is 4.79 Å². The quantitative estimate of drug-likeness (QED) is 0.739. The monoisotopic (exact) mass is 260 g/mol. The van der Waals surface area contributed by atoms with E-state index in [1.54, 1.807) is 24.1 Å². The van der Waals surface area contributed by atoms with Gasteiger partial charge in [0.2, 0.25) is 0 Å². The molecule has 20 heavy (non-hydrogen) atoms. The van der Waals surface area contributed by atoms with Crippen molar-refractivity contribution in [3.63, 3.8) is 0 Å². The molecule has 0 radical (unpaired) electrons. The van der Waals surface area contributed by atoms with E-state index in [-0.39, 0.29) is 5.91 Å².